The number of likely N-dealkylation sites (N-methyl/N-ethyl adjacent to an activating group) is 1. The molecule has 0 aliphatic carbocycles. The van der Waals surface area contributed by atoms with E-state index >= 15 is 0 Å². The molecule has 0 saturated heterocycles. The van der Waals surface area contributed by atoms with Crippen LogP contribution in [-0.4, -0.2) is 27.5 Å². The highest BCUT2D eigenvalue weighted by molar-refractivity contribution is 6.31. The molecule has 124 valence electrons. The Kier molecular flexibility index (Phi) is 6.12. The highest BCUT2D eigenvalue weighted by Gasteiger charge is 2.24. The zero-order valence-corrected chi connectivity index (χ0v) is 14.1. The first-order valence-corrected chi connectivity index (χ1v) is 8.04. The average Bonchev–Trinajstić information content (AvgIpc) is 2.99. The molecule has 7 heteroatoms. The van der Waals surface area contributed by atoms with Gasteiger partial charge in [0.2, 0.25) is 11.8 Å². The molecule has 0 bridgehead atoms. The van der Waals surface area contributed by atoms with Gasteiger partial charge in [-0.1, -0.05) is 41.9 Å². The molecule has 2 aromatic rings. The molecular formula is C16H21ClN4O2. The Morgan fingerprint density at radius 3 is 2.78 bits per heavy atom. The largest absolute Gasteiger partial charge is 0.339 e. The Morgan fingerprint density at radius 1 is 1.39 bits per heavy atom. The molecule has 0 fully saturated rings. The molecule has 1 aromatic heterocycles. The van der Waals surface area contributed by atoms with Gasteiger partial charge in [0.1, 0.15) is 6.04 Å². The molecule has 1 amide bonds. The topological polar surface area (TPSA) is 85.2 Å². The maximum atomic E-state index is 12.6. The second-order valence-electron chi connectivity index (χ2n) is 5.21. The van der Waals surface area contributed by atoms with Crippen molar-refractivity contribution in [1.29, 1.82) is 0 Å². The lowest BCUT2D eigenvalue weighted by molar-refractivity contribution is -0.133. The molecule has 0 aliphatic heterocycles. The van der Waals surface area contributed by atoms with Crippen LogP contribution in [0.25, 0.3) is 0 Å². The number of nitrogens with two attached hydrogens (primary N) is 1. The first-order valence-electron chi connectivity index (χ1n) is 7.67. The summed E-state index contributed by atoms with van der Waals surface area (Å²) >= 11 is 6.12. The summed E-state index contributed by atoms with van der Waals surface area (Å²) in [5.74, 6) is 0.846. The van der Waals surface area contributed by atoms with Gasteiger partial charge in [-0.3, -0.25) is 4.79 Å². The van der Waals surface area contributed by atoms with Gasteiger partial charge in [0, 0.05) is 18.0 Å². The van der Waals surface area contributed by atoms with E-state index in [9.17, 15) is 4.79 Å². The van der Waals surface area contributed by atoms with Gasteiger partial charge in [0.05, 0.1) is 6.54 Å². The predicted octanol–water partition coefficient (Wildman–Crippen LogP) is 2.72. The van der Waals surface area contributed by atoms with Crippen molar-refractivity contribution >= 4 is 17.5 Å². The van der Waals surface area contributed by atoms with Crippen LogP contribution >= 0.6 is 11.6 Å². The Hall–Kier alpha value is -1.92. The smallest absolute Gasteiger partial charge is 0.244 e. The second-order valence-corrected chi connectivity index (χ2v) is 5.61. The van der Waals surface area contributed by atoms with Crippen molar-refractivity contribution in [3.8, 4) is 0 Å². The molecule has 0 unspecified atom stereocenters. The SMILES string of the molecule is CCCc1nc(CN(CC)C(=O)[C@@H](N)c2ccccc2Cl)no1. The third kappa shape index (κ3) is 4.30. The van der Waals surface area contributed by atoms with E-state index in [0.29, 0.717) is 28.8 Å². The number of rotatable bonds is 7. The summed E-state index contributed by atoms with van der Waals surface area (Å²) in [5.41, 5.74) is 6.69. The fourth-order valence-corrected chi connectivity index (χ4v) is 2.50. The van der Waals surface area contributed by atoms with Crippen molar-refractivity contribution in [2.75, 3.05) is 6.54 Å². The minimum Gasteiger partial charge on any atom is -0.339 e. The van der Waals surface area contributed by atoms with E-state index in [0.717, 1.165) is 12.8 Å². The number of hydrogen-bond acceptors (Lipinski definition) is 5. The normalized spacial score (nSPS) is 12.2. The van der Waals surface area contributed by atoms with Gasteiger partial charge < -0.3 is 15.2 Å². The molecular weight excluding hydrogens is 316 g/mol. The van der Waals surface area contributed by atoms with Crippen LogP contribution < -0.4 is 5.73 Å². The molecule has 1 heterocycles. The maximum absolute atomic E-state index is 12.6. The number of aromatic nitrogens is 2. The maximum Gasteiger partial charge on any atom is 0.244 e. The molecule has 0 saturated carbocycles. The van der Waals surface area contributed by atoms with E-state index in [4.69, 9.17) is 21.9 Å². The quantitative estimate of drug-likeness (QED) is 0.840. The number of aryl methyl sites for hydroxylation is 1. The number of carbonyl (C=O) groups is 1. The molecule has 1 aromatic carbocycles. The number of nitrogens with zero attached hydrogens (tertiary/aromatic N) is 3. The highest BCUT2D eigenvalue weighted by atomic mass is 35.5. The van der Waals surface area contributed by atoms with Gasteiger partial charge in [-0.15, -0.1) is 0 Å². The minimum absolute atomic E-state index is 0.220. The van der Waals surface area contributed by atoms with Crippen LogP contribution in [0.2, 0.25) is 5.02 Å². The van der Waals surface area contributed by atoms with Crippen molar-refractivity contribution in [2.45, 2.75) is 39.3 Å². The van der Waals surface area contributed by atoms with E-state index in [1.165, 1.54) is 0 Å². The summed E-state index contributed by atoms with van der Waals surface area (Å²) in [6.07, 6.45) is 1.65. The number of hydrogen-bond donors (Lipinski definition) is 1. The zero-order valence-electron chi connectivity index (χ0n) is 13.3. The van der Waals surface area contributed by atoms with Crippen LogP contribution in [0.1, 0.15) is 43.6 Å². The zero-order chi connectivity index (χ0) is 16.8. The van der Waals surface area contributed by atoms with Crippen LogP contribution in [0.15, 0.2) is 28.8 Å². The van der Waals surface area contributed by atoms with Crippen molar-refractivity contribution in [2.24, 2.45) is 5.73 Å². The molecule has 6 nitrogen and oxygen atoms in total. The van der Waals surface area contributed by atoms with Crippen molar-refractivity contribution < 1.29 is 9.32 Å². The van der Waals surface area contributed by atoms with E-state index < -0.39 is 6.04 Å². The fourth-order valence-electron chi connectivity index (χ4n) is 2.24. The summed E-state index contributed by atoms with van der Waals surface area (Å²) in [6, 6.07) is 6.27. The molecule has 0 radical (unpaired) electrons. The van der Waals surface area contributed by atoms with Crippen LogP contribution in [-0.2, 0) is 17.8 Å². The van der Waals surface area contributed by atoms with E-state index in [1.54, 1.807) is 29.2 Å². The Morgan fingerprint density at radius 2 is 2.13 bits per heavy atom. The number of amides is 1. The molecule has 2 rings (SSSR count). The first-order chi connectivity index (χ1) is 11.1. The van der Waals surface area contributed by atoms with E-state index in [2.05, 4.69) is 10.1 Å². The average molecular weight is 337 g/mol. The standard InChI is InChI=1S/C16H21ClN4O2/c1-3-7-14-19-13(20-23-14)10-21(4-2)16(22)15(18)11-8-5-6-9-12(11)17/h5-6,8-9,15H,3-4,7,10,18H2,1-2H3/t15-/m0/s1. The molecule has 1 atom stereocenters. The predicted molar refractivity (Wildman–Crippen MR) is 87.8 cm³/mol. The Labute approximate surface area is 140 Å². The fraction of sp³-hybridized carbons (Fsp3) is 0.438. The summed E-state index contributed by atoms with van der Waals surface area (Å²) in [5, 5.41) is 4.39. The van der Waals surface area contributed by atoms with Crippen molar-refractivity contribution in [3.05, 3.63) is 46.6 Å². The van der Waals surface area contributed by atoms with Gasteiger partial charge in [-0.25, -0.2) is 0 Å². The lowest BCUT2D eigenvalue weighted by Crippen LogP contribution is -2.38. The molecule has 23 heavy (non-hydrogen) atoms. The van der Waals surface area contributed by atoms with Crippen LogP contribution in [0.4, 0.5) is 0 Å². The van der Waals surface area contributed by atoms with Gasteiger partial charge in [0.25, 0.3) is 0 Å². The highest BCUT2D eigenvalue weighted by Crippen LogP contribution is 2.23. The molecule has 0 aliphatic rings. The summed E-state index contributed by atoms with van der Waals surface area (Å²) in [6.45, 7) is 4.67. The minimum atomic E-state index is -0.814. The van der Waals surface area contributed by atoms with Gasteiger partial charge in [-0.2, -0.15) is 4.98 Å². The summed E-state index contributed by atoms with van der Waals surface area (Å²) < 4.78 is 5.14. The number of carbonyl (C=O) groups excluding carboxylic acids is 1. The third-order valence-electron chi connectivity index (χ3n) is 3.51. The third-order valence-corrected chi connectivity index (χ3v) is 3.85. The number of benzene rings is 1. The monoisotopic (exact) mass is 336 g/mol. The van der Waals surface area contributed by atoms with Crippen LogP contribution in [0.5, 0.6) is 0 Å². The lowest BCUT2D eigenvalue weighted by Gasteiger charge is -2.23. The molecule has 0 spiro atoms. The van der Waals surface area contributed by atoms with Crippen molar-refractivity contribution in [3.63, 3.8) is 0 Å². The Bertz CT molecular complexity index is 659. The summed E-state index contributed by atoms with van der Waals surface area (Å²) in [7, 11) is 0. The number of halogens is 1. The first kappa shape index (κ1) is 17.4. The van der Waals surface area contributed by atoms with Crippen LogP contribution in [0, 0.1) is 0 Å². The van der Waals surface area contributed by atoms with Gasteiger partial charge >= 0.3 is 0 Å². The van der Waals surface area contributed by atoms with Gasteiger partial charge in [0.15, 0.2) is 5.82 Å². The van der Waals surface area contributed by atoms with Gasteiger partial charge in [-0.05, 0) is 25.0 Å². The van der Waals surface area contributed by atoms with E-state index in [-0.39, 0.29) is 12.5 Å². The van der Waals surface area contributed by atoms with E-state index in [1.807, 2.05) is 13.8 Å². The lowest BCUT2D eigenvalue weighted by atomic mass is 10.1. The second kappa shape index (κ2) is 8.08. The summed E-state index contributed by atoms with van der Waals surface area (Å²) in [4.78, 5) is 18.5. The molecule has 2 N–H and O–H groups in total. The van der Waals surface area contributed by atoms with Crippen LogP contribution in [0.3, 0.4) is 0 Å². The van der Waals surface area contributed by atoms with Crippen molar-refractivity contribution in [1.82, 2.24) is 15.0 Å². The Balaban J connectivity index is 2.10.